The van der Waals surface area contributed by atoms with E-state index >= 15 is 0 Å². The first-order chi connectivity index (χ1) is 24.2. The summed E-state index contributed by atoms with van der Waals surface area (Å²) in [6, 6.07) is 43.1. The highest BCUT2D eigenvalue weighted by molar-refractivity contribution is 7.25. The first kappa shape index (κ1) is 28.2. The van der Waals surface area contributed by atoms with Gasteiger partial charge in [-0.1, -0.05) is 134 Å². The van der Waals surface area contributed by atoms with E-state index in [0.29, 0.717) is 17.7 Å². The lowest BCUT2D eigenvalue weighted by Gasteiger charge is -2.31. The van der Waals surface area contributed by atoms with Gasteiger partial charge in [-0.15, -0.1) is 11.3 Å². The molecule has 5 aromatic carbocycles. The van der Waals surface area contributed by atoms with Gasteiger partial charge in [-0.3, -0.25) is 0 Å². The fourth-order valence-electron chi connectivity index (χ4n) is 8.03. The molecule has 2 heterocycles. The number of thiophene rings is 1. The van der Waals surface area contributed by atoms with Crippen LogP contribution in [0.1, 0.15) is 40.3 Å². The van der Waals surface area contributed by atoms with Crippen LogP contribution < -0.4 is 5.32 Å². The molecule has 0 bridgehead atoms. The van der Waals surface area contributed by atoms with Crippen LogP contribution in [0.25, 0.3) is 42.6 Å². The van der Waals surface area contributed by atoms with Crippen LogP contribution in [-0.4, -0.2) is 11.7 Å². The molecule has 0 fully saturated rings. The van der Waals surface area contributed by atoms with Crippen molar-refractivity contribution in [3.63, 3.8) is 0 Å². The largest absolute Gasteiger partial charge is 0.341 e. The molecule has 0 saturated heterocycles. The number of hydrogen-bond donors (Lipinski definition) is 1. The standard InChI is InChI=1S/C45H31N3S/c1-27-43(28-12-4-2-5-13-28)47-44(29-14-6-3-7-15-29)48-45(46-27)37-20-11-21-40-42(37)38-26-30(22-25-39(38)49-40)31-23-24-36-33-17-9-8-16-32(33)35-19-10-18-34(31)41(35)36/h2-26,34,41H,1H3,(H,46,47,48). The van der Waals surface area contributed by atoms with Crippen LogP contribution in [0.2, 0.25) is 0 Å². The number of allylic oxidation sites excluding steroid dienone is 9. The predicted octanol–water partition coefficient (Wildman–Crippen LogP) is 10.9. The SMILES string of the molecule is CC1=C(c2ccccc2)N=C(c2ccccc2)N=C(c2cccc3sc4ccc(C5=CC=C6c7ccccc7C7=CC=CC5C76)cc4c23)N1. The summed E-state index contributed by atoms with van der Waals surface area (Å²) < 4.78 is 2.52. The second-order valence-corrected chi connectivity index (χ2v) is 14.1. The first-order valence-electron chi connectivity index (χ1n) is 16.8. The van der Waals surface area contributed by atoms with Crippen LogP contribution in [0, 0.1) is 11.8 Å². The maximum Gasteiger partial charge on any atom is 0.162 e. The summed E-state index contributed by atoms with van der Waals surface area (Å²) in [4.78, 5) is 10.4. The van der Waals surface area contributed by atoms with Crippen molar-refractivity contribution in [2.75, 3.05) is 0 Å². The molecule has 49 heavy (non-hydrogen) atoms. The van der Waals surface area contributed by atoms with E-state index in [-0.39, 0.29) is 0 Å². The first-order valence-corrected chi connectivity index (χ1v) is 17.6. The molecule has 1 aliphatic heterocycles. The summed E-state index contributed by atoms with van der Waals surface area (Å²) in [5.41, 5.74) is 13.2. The van der Waals surface area contributed by atoms with Crippen LogP contribution in [-0.2, 0) is 0 Å². The number of hydrogen-bond acceptors (Lipinski definition) is 4. The second kappa shape index (κ2) is 11.1. The number of nitrogens with one attached hydrogen (secondary N) is 1. The molecule has 4 aliphatic rings. The number of nitrogens with zero attached hydrogens (tertiary/aromatic N) is 2. The van der Waals surface area contributed by atoms with Crippen LogP contribution in [0.5, 0.6) is 0 Å². The smallest absolute Gasteiger partial charge is 0.162 e. The molecule has 0 amide bonds. The zero-order valence-corrected chi connectivity index (χ0v) is 27.7. The van der Waals surface area contributed by atoms with E-state index in [4.69, 9.17) is 9.98 Å². The molecular weight excluding hydrogens is 615 g/mol. The van der Waals surface area contributed by atoms with Crippen LogP contribution in [0.15, 0.2) is 167 Å². The van der Waals surface area contributed by atoms with Crippen molar-refractivity contribution in [2.45, 2.75) is 6.92 Å². The van der Waals surface area contributed by atoms with Crippen molar-refractivity contribution in [1.29, 1.82) is 0 Å². The molecule has 232 valence electrons. The Kier molecular flexibility index (Phi) is 6.40. The zero-order valence-electron chi connectivity index (χ0n) is 26.9. The molecular formula is C45H31N3S. The molecule has 4 heteroatoms. The lowest BCUT2D eigenvalue weighted by molar-refractivity contribution is 0.726. The minimum atomic E-state index is 0.302. The van der Waals surface area contributed by atoms with Crippen LogP contribution >= 0.6 is 11.3 Å². The van der Waals surface area contributed by atoms with Gasteiger partial charge in [-0.2, -0.15) is 0 Å². The van der Waals surface area contributed by atoms with Crippen LogP contribution in [0.3, 0.4) is 0 Å². The van der Waals surface area contributed by atoms with Gasteiger partial charge in [-0.05, 0) is 58.5 Å². The Balaban J connectivity index is 1.13. The highest BCUT2D eigenvalue weighted by Crippen LogP contribution is 2.56. The molecule has 2 atom stereocenters. The average molecular weight is 646 g/mol. The van der Waals surface area contributed by atoms with E-state index < -0.39 is 0 Å². The summed E-state index contributed by atoms with van der Waals surface area (Å²) >= 11 is 1.84. The Morgan fingerprint density at radius 2 is 1.29 bits per heavy atom. The Bertz CT molecular complexity index is 2570. The molecule has 3 aliphatic carbocycles. The predicted molar refractivity (Wildman–Crippen MR) is 208 cm³/mol. The van der Waals surface area contributed by atoms with Crippen molar-refractivity contribution in [2.24, 2.45) is 21.8 Å². The Hall–Kier alpha value is -5.84. The van der Waals surface area contributed by atoms with E-state index in [1.54, 1.807) is 0 Å². The van der Waals surface area contributed by atoms with E-state index in [9.17, 15) is 0 Å². The minimum Gasteiger partial charge on any atom is -0.341 e. The van der Waals surface area contributed by atoms with Gasteiger partial charge in [0.25, 0.3) is 0 Å². The fraction of sp³-hybridized carbons (Fsp3) is 0.0667. The fourth-order valence-corrected chi connectivity index (χ4v) is 9.14. The Morgan fingerprint density at radius 1 is 0.592 bits per heavy atom. The average Bonchev–Trinajstić information content (AvgIpc) is 3.63. The summed E-state index contributed by atoms with van der Waals surface area (Å²) in [5.74, 6) is 2.16. The maximum absolute atomic E-state index is 5.27. The van der Waals surface area contributed by atoms with Gasteiger partial charge in [0.15, 0.2) is 5.84 Å². The van der Waals surface area contributed by atoms with Gasteiger partial charge < -0.3 is 5.32 Å². The molecule has 3 nitrogen and oxygen atoms in total. The van der Waals surface area contributed by atoms with Crippen molar-refractivity contribution < 1.29 is 0 Å². The lowest BCUT2D eigenvalue weighted by atomic mass is 9.72. The topological polar surface area (TPSA) is 36.8 Å². The normalized spacial score (nSPS) is 19.3. The molecule has 2 unspecified atom stereocenters. The molecule has 0 spiro atoms. The third-order valence-corrected chi connectivity index (χ3v) is 11.4. The molecule has 0 radical (unpaired) electrons. The van der Waals surface area contributed by atoms with Crippen LogP contribution in [0.4, 0.5) is 0 Å². The third kappa shape index (κ3) is 4.48. The number of benzene rings is 5. The number of rotatable bonds is 4. The van der Waals surface area contributed by atoms with E-state index in [0.717, 1.165) is 33.9 Å². The zero-order chi connectivity index (χ0) is 32.5. The highest BCUT2D eigenvalue weighted by Gasteiger charge is 2.40. The van der Waals surface area contributed by atoms with E-state index in [1.807, 2.05) is 35.6 Å². The van der Waals surface area contributed by atoms with Crippen molar-refractivity contribution in [1.82, 2.24) is 5.32 Å². The van der Waals surface area contributed by atoms with Crippen molar-refractivity contribution in [3.8, 4) is 0 Å². The summed E-state index contributed by atoms with van der Waals surface area (Å²) in [7, 11) is 0. The summed E-state index contributed by atoms with van der Waals surface area (Å²) in [5, 5.41) is 6.19. The molecule has 0 saturated carbocycles. The molecule has 6 aromatic rings. The van der Waals surface area contributed by atoms with Crippen molar-refractivity contribution in [3.05, 3.63) is 191 Å². The van der Waals surface area contributed by atoms with Crippen molar-refractivity contribution >= 4 is 65.6 Å². The van der Waals surface area contributed by atoms with E-state index in [2.05, 4.69) is 140 Å². The minimum absolute atomic E-state index is 0.302. The van der Waals surface area contributed by atoms with Gasteiger partial charge in [0.2, 0.25) is 0 Å². The highest BCUT2D eigenvalue weighted by atomic mass is 32.1. The Labute approximate surface area is 289 Å². The van der Waals surface area contributed by atoms with Gasteiger partial charge >= 0.3 is 0 Å². The number of amidine groups is 2. The maximum atomic E-state index is 5.27. The molecule has 10 rings (SSSR count). The van der Waals surface area contributed by atoms with Gasteiger partial charge in [0.1, 0.15) is 5.84 Å². The second-order valence-electron chi connectivity index (χ2n) is 13.0. The summed E-state index contributed by atoms with van der Waals surface area (Å²) in [6.45, 7) is 2.10. The summed E-state index contributed by atoms with van der Waals surface area (Å²) in [6.07, 6.45) is 11.7. The van der Waals surface area contributed by atoms with E-state index in [1.165, 1.54) is 53.6 Å². The lowest BCUT2D eigenvalue weighted by Crippen LogP contribution is -2.23. The number of fused-ring (bicyclic) bond motifs is 6. The van der Waals surface area contributed by atoms with Gasteiger partial charge in [-0.25, -0.2) is 9.98 Å². The monoisotopic (exact) mass is 645 g/mol. The Morgan fingerprint density at radius 3 is 2.08 bits per heavy atom. The molecule has 1 aromatic heterocycles. The third-order valence-electron chi connectivity index (χ3n) is 10.2. The quantitative estimate of drug-likeness (QED) is 0.203. The van der Waals surface area contributed by atoms with Gasteiger partial charge in [0.05, 0.1) is 5.70 Å². The number of aliphatic imine (C=N–C) groups is 2. The van der Waals surface area contributed by atoms with Gasteiger partial charge in [0, 0.05) is 54.4 Å². The molecule has 1 N–H and O–H groups in total.